The first kappa shape index (κ1) is 25.7. The van der Waals surface area contributed by atoms with E-state index in [4.69, 9.17) is 4.74 Å². The van der Waals surface area contributed by atoms with Crippen LogP contribution in [0.5, 0.6) is 0 Å². The summed E-state index contributed by atoms with van der Waals surface area (Å²) in [4.78, 5) is 43.8. The van der Waals surface area contributed by atoms with Crippen LogP contribution in [0.4, 0.5) is 28.4 Å². The van der Waals surface area contributed by atoms with Crippen LogP contribution in [-0.4, -0.2) is 86.2 Å². The molecule has 3 aliphatic rings. The largest absolute Gasteiger partial charge is 0.378 e. The average Bonchev–Trinajstić information content (AvgIpc) is 2.97. The second-order valence-electron chi connectivity index (χ2n) is 9.82. The van der Waals surface area contributed by atoms with Gasteiger partial charge in [-0.1, -0.05) is 0 Å². The standard InChI is InChI=1S/C26H32N6O6/c33-26(20-4-6-22(25(18-20)32(36)37)28-8-2-1-3-9-28)30-12-10-27(11-13-30)21-5-7-23(31(34)35)24(19-21)29-14-16-38-17-15-29/h4-7,18-19H,1-3,8-17H2. The maximum absolute atomic E-state index is 13.3. The van der Waals surface area contributed by atoms with Crippen molar-refractivity contribution in [1.82, 2.24) is 4.90 Å². The Labute approximate surface area is 220 Å². The van der Waals surface area contributed by atoms with Crippen LogP contribution < -0.4 is 14.7 Å². The summed E-state index contributed by atoms with van der Waals surface area (Å²) in [6, 6.07) is 9.95. The Kier molecular flexibility index (Phi) is 7.59. The lowest BCUT2D eigenvalue weighted by Crippen LogP contribution is -2.48. The molecule has 2 aromatic rings. The molecule has 0 unspecified atom stereocenters. The van der Waals surface area contributed by atoms with Crippen molar-refractivity contribution in [2.75, 3.05) is 80.3 Å². The minimum Gasteiger partial charge on any atom is -0.378 e. The van der Waals surface area contributed by atoms with Gasteiger partial charge in [-0.2, -0.15) is 0 Å². The fraction of sp³-hybridized carbons (Fsp3) is 0.500. The van der Waals surface area contributed by atoms with Gasteiger partial charge in [0.05, 0.1) is 23.1 Å². The Bertz CT molecular complexity index is 1200. The van der Waals surface area contributed by atoms with Crippen molar-refractivity contribution < 1.29 is 19.4 Å². The first-order valence-corrected chi connectivity index (χ1v) is 13.1. The SMILES string of the molecule is O=C(c1ccc(N2CCCCC2)c([N+](=O)[O-])c1)N1CCN(c2ccc([N+](=O)[O-])c(N3CCOCC3)c2)CC1. The van der Waals surface area contributed by atoms with Crippen LogP contribution in [0.25, 0.3) is 0 Å². The average molecular weight is 525 g/mol. The molecule has 0 aliphatic carbocycles. The number of hydrogen-bond acceptors (Lipinski definition) is 9. The number of nitrogens with zero attached hydrogens (tertiary/aromatic N) is 6. The number of benzene rings is 2. The molecule has 3 fully saturated rings. The zero-order valence-electron chi connectivity index (χ0n) is 21.3. The number of carbonyl (C=O) groups excluding carboxylic acids is 1. The molecule has 12 nitrogen and oxygen atoms in total. The molecule has 38 heavy (non-hydrogen) atoms. The van der Waals surface area contributed by atoms with Crippen molar-refractivity contribution >= 4 is 34.3 Å². The maximum atomic E-state index is 13.3. The Morgan fingerprint density at radius 2 is 1.34 bits per heavy atom. The lowest BCUT2D eigenvalue weighted by Gasteiger charge is -2.37. The number of piperidine rings is 1. The first-order valence-electron chi connectivity index (χ1n) is 13.1. The summed E-state index contributed by atoms with van der Waals surface area (Å²) in [5.74, 6) is -0.226. The Hall–Kier alpha value is -3.93. The van der Waals surface area contributed by atoms with Gasteiger partial charge in [0.2, 0.25) is 0 Å². The number of ether oxygens (including phenoxy) is 1. The molecule has 0 aromatic heterocycles. The lowest BCUT2D eigenvalue weighted by molar-refractivity contribution is -0.384. The van der Waals surface area contributed by atoms with Crippen molar-refractivity contribution in [1.29, 1.82) is 0 Å². The van der Waals surface area contributed by atoms with Crippen LogP contribution in [0, 0.1) is 20.2 Å². The van der Waals surface area contributed by atoms with E-state index in [-0.39, 0.29) is 22.2 Å². The summed E-state index contributed by atoms with van der Waals surface area (Å²) in [6.45, 7) is 5.82. The summed E-state index contributed by atoms with van der Waals surface area (Å²) < 4.78 is 5.40. The third-order valence-electron chi connectivity index (χ3n) is 7.56. The number of anilines is 3. The molecular formula is C26H32N6O6. The van der Waals surface area contributed by atoms with E-state index in [9.17, 15) is 25.0 Å². The number of hydrogen-bond donors (Lipinski definition) is 0. The number of rotatable bonds is 6. The molecule has 2 aromatic carbocycles. The van der Waals surface area contributed by atoms with E-state index >= 15 is 0 Å². The molecule has 0 atom stereocenters. The Morgan fingerprint density at radius 3 is 2.00 bits per heavy atom. The summed E-state index contributed by atoms with van der Waals surface area (Å²) >= 11 is 0. The highest BCUT2D eigenvalue weighted by atomic mass is 16.6. The zero-order chi connectivity index (χ0) is 26.6. The van der Waals surface area contributed by atoms with Crippen LogP contribution >= 0.6 is 0 Å². The van der Waals surface area contributed by atoms with Crippen LogP contribution in [-0.2, 0) is 4.74 Å². The van der Waals surface area contributed by atoms with E-state index in [0.717, 1.165) is 38.0 Å². The molecule has 12 heteroatoms. The molecule has 3 heterocycles. The van der Waals surface area contributed by atoms with Gasteiger partial charge in [-0.15, -0.1) is 0 Å². The molecule has 0 spiro atoms. The molecular weight excluding hydrogens is 492 g/mol. The predicted octanol–water partition coefficient (Wildman–Crippen LogP) is 3.29. The topological polar surface area (TPSA) is 126 Å². The normalized spacial score (nSPS) is 18.4. The smallest absolute Gasteiger partial charge is 0.293 e. The molecule has 202 valence electrons. The van der Waals surface area contributed by atoms with Crippen molar-refractivity contribution in [3.05, 3.63) is 62.2 Å². The molecule has 3 saturated heterocycles. The van der Waals surface area contributed by atoms with E-state index < -0.39 is 4.92 Å². The molecule has 3 aliphatic heterocycles. The molecule has 0 N–H and O–H groups in total. The molecule has 5 rings (SSSR count). The highest BCUT2D eigenvalue weighted by Crippen LogP contribution is 2.34. The molecule has 0 saturated carbocycles. The monoisotopic (exact) mass is 524 g/mol. The van der Waals surface area contributed by atoms with Gasteiger partial charge in [0, 0.05) is 75.7 Å². The zero-order valence-corrected chi connectivity index (χ0v) is 21.3. The lowest BCUT2D eigenvalue weighted by atomic mass is 10.1. The van der Waals surface area contributed by atoms with Crippen molar-refractivity contribution in [3.8, 4) is 0 Å². The van der Waals surface area contributed by atoms with Gasteiger partial charge in [-0.25, -0.2) is 0 Å². The number of amides is 1. The fourth-order valence-electron chi connectivity index (χ4n) is 5.48. The minimum atomic E-state index is -0.403. The number of nitro benzene ring substituents is 2. The van der Waals surface area contributed by atoms with E-state index in [0.29, 0.717) is 69.4 Å². The molecule has 1 amide bonds. The highest BCUT2D eigenvalue weighted by Gasteiger charge is 2.28. The molecule has 0 bridgehead atoms. The highest BCUT2D eigenvalue weighted by molar-refractivity contribution is 5.96. The van der Waals surface area contributed by atoms with Crippen LogP contribution in [0.1, 0.15) is 29.6 Å². The second kappa shape index (κ2) is 11.2. The van der Waals surface area contributed by atoms with Crippen molar-refractivity contribution in [2.24, 2.45) is 0 Å². The first-order chi connectivity index (χ1) is 18.4. The van der Waals surface area contributed by atoms with Gasteiger partial charge < -0.3 is 24.3 Å². The van der Waals surface area contributed by atoms with Gasteiger partial charge >= 0.3 is 0 Å². The quantitative estimate of drug-likeness (QED) is 0.413. The van der Waals surface area contributed by atoms with Crippen LogP contribution in [0.2, 0.25) is 0 Å². The summed E-state index contributed by atoms with van der Waals surface area (Å²) in [6.07, 6.45) is 3.14. The summed E-state index contributed by atoms with van der Waals surface area (Å²) in [5, 5.41) is 23.4. The van der Waals surface area contributed by atoms with Gasteiger partial charge in [0.1, 0.15) is 11.4 Å². The third-order valence-corrected chi connectivity index (χ3v) is 7.56. The minimum absolute atomic E-state index is 0.0297. The van der Waals surface area contributed by atoms with Crippen molar-refractivity contribution in [3.63, 3.8) is 0 Å². The third kappa shape index (κ3) is 5.35. The molecule has 0 radical (unpaired) electrons. The number of carbonyl (C=O) groups is 1. The van der Waals surface area contributed by atoms with E-state index in [2.05, 4.69) is 4.90 Å². The summed E-state index contributed by atoms with van der Waals surface area (Å²) in [7, 11) is 0. The van der Waals surface area contributed by atoms with Crippen LogP contribution in [0.15, 0.2) is 36.4 Å². The van der Waals surface area contributed by atoms with Crippen molar-refractivity contribution in [2.45, 2.75) is 19.3 Å². The predicted molar refractivity (Wildman–Crippen MR) is 143 cm³/mol. The summed E-state index contributed by atoms with van der Waals surface area (Å²) in [5.41, 5.74) is 2.37. The fourth-order valence-corrected chi connectivity index (χ4v) is 5.48. The second-order valence-corrected chi connectivity index (χ2v) is 9.82. The van der Waals surface area contributed by atoms with E-state index in [1.54, 1.807) is 29.2 Å². The van der Waals surface area contributed by atoms with E-state index in [1.807, 2.05) is 15.9 Å². The number of piperazine rings is 1. The van der Waals surface area contributed by atoms with Gasteiger partial charge in [0.15, 0.2) is 0 Å². The number of morpholine rings is 1. The Morgan fingerprint density at radius 1 is 0.684 bits per heavy atom. The Balaban J connectivity index is 1.28. The van der Waals surface area contributed by atoms with Gasteiger partial charge in [0.25, 0.3) is 17.3 Å². The van der Waals surface area contributed by atoms with Gasteiger partial charge in [-0.3, -0.25) is 25.0 Å². The number of nitro groups is 2. The van der Waals surface area contributed by atoms with Crippen LogP contribution in [0.3, 0.4) is 0 Å². The maximum Gasteiger partial charge on any atom is 0.293 e. The van der Waals surface area contributed by atoms with E-state index in [1.165, 1.54) is 6.07 Å². The van der Waals surface area contributed by atoms with Gasteiger partial charge in [-0.05, 0) is 43.5 Å².